The first-order valence-electron chi connectivity index (χ1n) is 2.48. The van der Waals surface area contributed by atoms with Crippen molar-refractivity contribution in [2.24, 2.45) is 0 Å². The smallest absolute Gasteiger partial charge is 0.0992 e. The lowest BCUT2D eigenvalue weighted by atomic mass is 10.2. The molecule has 0 aliphatic heterocycles. The van der Waals surface area contributed by atoms with Crippen LogP contribution in [-0.4, -0.2) is 5.48 Å². The number of halogens is 1. The summed E-state index contributed by atoms with van der Waals surface area (Å²) in [6.07, 6.45) is 0. The van der Waals surface area contributed by atoms with E-state index in [1.807, 2.05) is 18.2 Å². The van der Waals surface area contributed by atoms with Gasteiger partial charge in [0.1, 0.15) is 0 Å². The van der Waals surface area contributed by atoms with Gasteiger partial charge < -0.3 is 5.48 Å². The normalized spacial score (nSPS) is 7.60. The van der Waals surface area contributed by atoms with Crippen LogP contribution < -0.4 is 0 Å². The third kappa shape index (κ3) is 2.18. The molecule has 0 unspecified atom stereocenters. The fraction of sp³-hybridized carbons (Fsp3) is 0. The summed E-state index contributed by atoms with van der Waals surface area (Å²) in [6, 6.07) is 9.31. The Morgan fingerprint density at radius 1 is 1.40 bits per heavy atom. The fourth-order valence-electron chi connectivity index (χ4n) is 0.558. The first kappa shape index (κ1) is 9.15. The second-order valence-corrected chi connectivity index (χ2v) is 2.54. The topological polar surface area (TPSA) is 55.3 Å². The van der Waals surface area contributed by atoms with Crippen molar-refractivity contribution >= 4 is 15.9 Å². The van der Waals surface area contributed by atoms with E-state index in [9.17, 15) is 0 Å². The third-order valence-electron chi connectivity index (χ3n) is 0.954. The second kappa shape index (κ2) is 4.04. The molecule has 2 N–H and O–H groups in total. The minimum Gasteiger partial charge on any atom is -0.412 e. The molecule has 0 saturated carbocycles. The van der Waals surface area contributed by atoms with Gasteiger partial charge in [0.15, 0.2) is 0 Å². The zero-order valence-electron chi connectivity index (χ0n) is 5.13. The number of rotatable bonds is 0. The molecular formula is C7H6BrNO. The van der Waals surface area contributed by atoms with Crippen LogP contribution >= 0.6 is 15.9 Å². The number of nitriles is 1. The Labute approximate surface area is 67.5 Å². The van der Waals surface area contributed by atoms with Crippen LogP contribution in [0, 0.1) is 11.3 Å². The Bertz CT molecular complexity index is 254. The van der Waals surface area contributed by atoms with Crippen LogP contribution in [0.1, 0.15) is 5.56 Å². The number of nitrogens with zero attached hydrogens (tertiary/aromatic N) is 1. The quantitative estimate of drug-likeness (QED) is 0.625. The van der Waals surface area contributed by atoms with E-state index in [1.54, 1.807) is 12.1 Å². The molecule has 0 aliphatic carbocycles. The van der Waals surface area contributed by atoms with Gasteiger partial charge in [-0.25, -0.2) is 0 Å². The first-order valence-corrected chi connectivity index (χ1v) is 3.28. The molecule has 0 radical (unpaired) electrons. The lowest BCUT2D eigenvalue weighted by Crippen LogP contribution is -1.70. The van der Waals surface area contributed by atoms with Crippen LogP contribution in [0.3, 0.4) is 0 Å². The molecule has 0 atom stereocenters. The van der Waals surface area contributed by atoms with Crippen molar-refractivity contribution in [1.29, 1.82) is 5.26 Å². The van der Waals surface area contributed by atoms with E-state index in [2.05, 4.69) is 15.9 Å². The summed E-state index contributed by atoms with van der Waals surface area (Å²) in [6.45, 7) is 0. The molecular weight excluding hydrogens is 194 g/mol. The van der Waals surface area contributed by atoms with Gasteiger partial charge >= 0.3 is 0 Å². The van der Waals surface area contributed by atoms with Crippen LogP contribution in [0.15, 0.2) is 28.7 Å². The molecule has 0 aromatic heterocycles. The predicted molar refractivity (Wildman–Crippen MR) is 42.5 cm³/mol. The largest absolute Gasteiger partial charge is 0.412 e. The molecule has 0 fully saturated rings. The van der Waals surface area contributed by atoms with E-state index in [0.29, 0.717) is 5.56 Å². The maximum Gasteiger partial charge on any atom is 0.0992 e. The second-order valence-electron chi connectivity index (χ2n) is 1.62. The van der Waals surface area contributed by atoms with Gasteiger partial charge in [-0.3, -0.25) is 0 Å². The first-order chi connectivity index (χ1) is 4.33. The van der Waals surface area contributed by atoms with Crippen LogP contribution in [0.2, 0.25) is 0 Å². The van der Waals surface area contributed by atoms with E-state index >= 15 is 0 Å². The van der Waals surface area contributed by atoms with E-state index in [-0.39, 0.29) is 5.48 Å². The molecule has 0 aliphatic rings. The number of benzene rings is 1. The summed E-state index contributed by atoms with van der Waals surface area (Å²) in [5.74, 6) is 0. The van der Waals surface area contributed by atoms with Gasteiger partial charge in [0, 0.05) is 4.47 Å². The zero-order valence-corrected chi connectivity index (χ0v) is 6.72. The van der Waals surface area contributed by atoms with Crippen molar-refractivity contribution < 1.29 is 5.48 Å². The average molecular weight is 200 g/mol. The van der Waals surface area contributed by atoms with E-state index in [1.165, 1.54) is 0 Å². The summed E-state index contributed by atoms with van der Waals surface area (Å²) < 4.78 is 0.946. The Balaban J connectivity index is 0.000000810. The molecule has 0 heterocycles. The van der Waals surface area contributed by atoms with E-state index < -0.39 is 0 Å². The highest BCUT2D eigenvalue weighted by molar-refractivity contribution is 9.10. The van der Waals surface area contributed by atoms with Gasteiger partial charge in [0.2, 0.25) is 0 Å². The molecule has 3 heteroatoms. The number of hydrogen-bond donors (Lipinski definition) is 0. The standard InChI is InChI=1S/C7H4BrN.H2O/c8-7-3-1-2-6(4-7)5-9;/h1-4H;1H2. The monoisotopic (exact) mass is 199 g/mol. The lowest BCUT2D eigenvalue weighted by molar-refractivity contribution is 0.824. The van der Waals surface area contributed by atoms with Crippen molar-refractivity contribution in [3.63, 3.8) is 0 Å². The maximum atomic E-state index is 8.39. The van der Waals surface area contributed by atoms with Gasteiger partial charge in [-0.15, -0.1) is 0 Å². The zero-order chi connectivity index (χ0) is 6.69. The Morgan fingerprint density at radius 2 is 2.10 bits per heavy atom. The molecule has 10 heavy (non-hydrogen) atoms. The van der Waals surface area contributed by atoms with Gasteiger partial charge in [-0.1, -0.05) is 22.0 Å². The summed E-state index contributed by atoms with van der Waals surface area (Å²) in [7, 11) is 0. The third-order valence-corrected chi connectivity index (χ3v) is 1.45. The molecule has 0 amide bonds. The van der Waals surface area contributed by atoms with Crippen LogP contribution in [0.4, 0.5) is 0 Å². The van der Waals surface area contributed by atoms with Gasteiger partial charge in [0.05, 0.1) is 11.6 Å². The Morgan fingerprint density at radius 3 is 2.50 bits per heavy atom. The SMILES string of the molecule is N#Cc1cccc(Br)c1.O. The van der Waals surface area contributed by atoms with Gasteiger partial charge in [0.25, 0.3) is 0 Å². The minimum absolute atomic E-state index is 0. The Kier molecular flexibility index (Phi) is 3.70. The van der Waals surface area contributed by atoms with Crippen molar-refractivity contribution in [2.75, 3.05) is 0 Å². The molecule has 1 rings (SSSR count). The molecule has 1 aromatic carbocycles. The molecule has 0 bridgehead atoms. The molecule has 0 saturated heterocycles. The molecule has 2 nitrogen and oxygen atoms in total. The highest BCUT2D eigenvalue weighted by Crippen LogP contribution is 2.09. The molecule has 0 spiro atoms. The van der Waals surface area contributed by atoms with Crippen molar-refractivity contribution in [1.82, 2.24) is 0 Å². The van der Waals surface area contributed by atoms with Crippen LogP contribution in [-0.2, 0) is 0 Å². The van der Waals surface area contributed by atoms with Crippen LogP contribution in [0.5, 0.6) is 0 Å². The van der Waals surface area contributed by atoms with Crippen molar-refractivity contribution in [3.05, 3.63) is 34.3 Å². The summed E-state index contributed by atoms with van der Waals surface area (Å²) >= 11 is 3.25. The predicted octanol–water partition coefficient (Wildman–Crippen LogP) is 1.50. The van der Waals surface area contributed by atoms with E-state index in [0.717, 1.165) is 4.47 Å². The Hall–Kier alpha value is -0.850. The van der Waals surface area contributed by atoms with Gasteiger partial charge in [-0.2, -0.15) is 5.26 Å². The minimum atomic E-state index is 0. The van der Waals surface area contributed by atoms with Gasteiger partial charge in [-0.05, 0) is 18.2 Å². The summed E-state index contributed by atoms with van der Waals surface area (Å²) in [5.41, 5.74) is 0.685. The van der Waals surface area contributed by atoms with Crippen LogP contribution in [0.25, 0.3) is 0 Å². The highest BCUT2D eigenvalue weighted by atomic mass is 79.9. The summed E-state index contributed by atoms with van der Waals surface area (Å²) in [4.78, 5) is 0. The highest BCUT2D eigenvalue weighted by Gasteiger charge is 1.87. The average Bonchev–Trinajstić information content (AvgIpc) is 1.88. The molecule has 1 aromatic rings. The van der Waals surface area contributed by atoms with Crippen molar-refractivity contribution in [3.8, 4) is 6.07 Å². The fourth-order valence-corrected chi connectivity index (χ4v) is 0.957. The van der Waals surface area contributed by atoms with E-state index in [4.69, 9.17) is 5.26 Å². The maximum absolute atomic E-state index is 8.39. The van der Waals surface area contributed by atoms with Crippen molar-refractivity contribution in [2.45, 2.75) is 0 Å². The summed E-state index contributed by atoms with van der Waals surface area (Å²) in [5, 5.41) is 8.39. The lowest BCUT2D eigenvalue weighted by Gasteiger charge is -1.86. The number of hydrogen-bond acceptors (Lipinski definition) is 1. The molecule has 52 valence electrons.